The van der Waals surface area contributed by atoms with Gasteiger partial charge >= 0.3 is 11.9 Å². The molecule has 0 unspecified atom stereocenters. The Morgan fingerprint density at radius 1 is 0.507 bits per heavy atom. The molecule has 0 bridgehead atoms. The van der Waals surface area contributed by atoms with Crippen molar-refractivity contribution in [3.8, 4) is 22.6 Å². The quantitative estimate of drug-likeness (QED) is 0.0188. The minimum absolute atomic E-state index is 0.120. The monoisotopic (exact) mass is 927 g/mol. The molecule has 0 fully saturated rings. The summed E-state index contributed by atoms with van der Waals surface area (Å²) in [7, 11) is 1.63. The van der Waals surface area contributed by atoms with Crippen LogP contribution in [0.3, 0.4) is 0 Å². The Balaban J connectivity index is 1.72. The zero-order valence-corrected chi connectivity index (χ0v) is 41.6. The summed E-state index contributed by atoms with van der Waals surface area (Å²) in [6, 6.07) is 24.8. The maximum absolute atomic E-state index is 14.1. The Hall–Kier alpha value is -4.82. The summed E-state index contributed by atoms with van der Waals surface area (Å²) < 4.78 is 45.2. The van der Waals surface area contributed by atoms with E-state index in [-0.39, 0.29) is 67.3 Å². The molecule has 67 heavy (non-hydrogen) atoms. The summed E-state index contributed by atoms with van der Waals surface area (Å²) in [5.74, 6) is -0.526. The van der Waals surface area contributed by atoms with E-state index in [2.05, 4.69) is 84.9 Å². The van der Waals surface area contributed by atoms with E-state index in [9.17, 15) is 9.59 Å². The van der Waals surface area contributed by atoms with E-state index in [1.807, 2.05) is 30.3 Å². The lowest BCUT2D eigenvalue weighted by Crippen LogP contribution is -2.31. The second kappa shape index (κ2) is 25.5. The predicted molar refractivity (Wildman–Crippen MR) is 260 cm³/mol. The molecule has 0 N–H and O–H groups in total. The first-order valence-electron chi connectivity index (χ1n) is 24.0. The number of fused-ring (bicyclic) bond motifs is 3. The van der Waals surface area contributed by atoms with Crippen LogP contribution in [-0.2, 0) is 54.3 Å². The summed E-state index contributed by atoms with van der Waals surface area (Å²) in [5, 5.41) is 0. The molecule has 0 spiro atoms. The summed E-state index contributed by atoms with van der Waals surface area (Å²) in [6.07, 6.45) is 2.75. The van der Waals surface area contributed by atoms with Gasteiger partial charge in [-0.2, -0.15) is 4.89 Å². The summed E-state index contributed by atoms with van der Waals surface area (Å²) in [5.41, 5.74) is 7.02. The van der Waals surface area contributed by atoms with Crippen LogP contribution in [0.15, 0.2) is 72.8 Å². The number of hydrogen-bond acceptors (Lipinski definition) is 12. The molecule has 0 saturated carbocycles. The van der Waals surface area contributed by atoms with E-state index in [0.29, 0.717) is 52.0 Å². The topological polar surface area (TPSA) is 126 Å². The SMILES string of the molecule is CCCOCCOCCOOc1ccc(C2(c3ccc(OCCOCCOCCOC)c(C(=O)OCC)c3)c3cc(C(C)(C)CC)ccc3-c3ccc(C(C)(C)CC)cc32)cc1C(=O)OCC. The second-order valence-electron chi connectivity index (χ2n) is 17.8. The van der Waals surface area contributed by atoms with Crippen molar-refractivity contribution < 1.29 is 57.3 Å². The van der Waals surface area contributed by atoms with Crippen LogP contribution in [0.4, 0.5) is 0 Å². The van der Waals surface area contributed by atoms with Gasteiger partial charge in [-0.15, -0.1) is 0 Å². The van der Waals surface area contributed by atoms with E-state index < -0.39 is 17.4 Å². The first-order chi connectivity index (χ1) is 32.3. The third kappa shape index (κ3) is 12.8. The largest absolute Gasteiger partial charge is 0.490 e. The van der Waals surface area contributed by atoms with Gasteiger partial charge in [-0.1, -0.05) is 97.0 Å². The lowest BCUT2D eigenvalue weighted by Gasteiger charge is -2.36. The molecule has 4 aromatic carbocycles. The van der Waals surface area contributed by atoms with Crippen LogP contribution in [0.2, 0.25) is 0 Å². The Labute approximate surface area is 398 Å². The third-order valence-electron chi connectivity index (χ3n) is 12.8. The lowest BCUT2D eigenvalue weighted by molar-refractivity contribution is -0.215. The van der Waals surface area contributed by atoms with Crippen LogP contribution >= 0.6 is 0 Å². The zero-order valence-electron chi connectivity index (χ0n) is 41.6. The molecule has 0 aromatic heterocycles. The highest BCUT2D eigenvalue weighted by Gasteiger charge is 2.48. The Kier molecular flexibility index (Phi) is 20.2. The van der Waals surface area contributed by atoms with E-state index in [1.165, 1.54) is 0 Å². The number of hydrogen-bond donors (Lipinski definition) is 0. The van der Waals surface area contributed by atoms with Crippen molar-refractivity contribution in [2.75, 3.05) is 93.0 Å². The molecule has 5 rings (SSSR count). The first-order valence-corrected chi connectivity index (χ1v) is 24.0. The fraction of sp³-hybridized carbons (Fsp3) is 0.527. The minimum Gasteiger partial charge on any atom is -0.490 e. The Morgan fingerprint density at radius 2 is 0.955 bits per heavy atom. The zero-order chi connectivity index (χ0) is 48.5. The van der Waals surface area contributed by atoms with Crippen molar-refractivity contribution in [3.63, 3.8) is 0 Å². The van der Waals surface area contributed by atoms with Gasteiger partial charge in [0.1, 0.15) is 30.1 Å². The fourth-order valence-corrected chi connectivity index (χ4v) is 8.16. The predicted octanol–water partition coefficient (Wildman–Crippen LogP) is 10.6. The number of carbonyl (C=O) groups excluding carboxylic acids is 2. The van der Waals surface area contributed by atoms with Gasteiger partial charge in [0.15, 0.2) is 5.75 Å². The summed E-state index contributed by atoms with van der Waals surface area (Å²) >= 11 is 0. The van der Waals surface area contributed by atoms with Gasteiger partial charge in [-0.3, -0.25) is 0 Å². The van der Waals surface area contributed by atoms with Gasteiger partial charge in [0, 0.05) is 13.7 Å². The van der Waals surface area contributed by atoms with Gasteiger partial charge in [-0.05, 0) is 113 Å². The molecule has 0 amide bonds. The molecule has 1 aliphatic carbocycles. The Bertz CT molecular complexity index is 2060. The van der Waals surface area contributed by atoms with Crippen molar-refractivity contribution in [1.82, 2.24) is 0 Å². The molecule has 4 aromatic rings. The van der Waals surface area contributed by atoms with E-state index in [1.54, 1.807) is 27.0 Å². The van der Waals surface area contributed by atoms with Crippen molar-refractivity contribution >= 4 is 11.9 Å². The number of ether oxygens (including phenoxy) is 8. The molecule has 0 radical (unpaired) electrons. The molecule has 0 aliphatic heterocycles. The third-order valence-corrected chi connectivity index (χ3v) is 12.8. The van der Waals surface area contributed by atoms with Crippen LogP contribution in [0.5, 0.6) is 11.5 Å². The number of benzene rings is 4. The highest BCUT2D eigenvalue weighted by molar-refractivity contribution is 5.96. The molecular formula is C55H74O12. The number of rotatable bonds is 30. The van der Waals surface area contributed by atoms with Crippen molar-refractivity contribution in [1.29, 1.82) is 0 Å². The highest BCUT2D eigenvalue weighted by Crippen LogP contribution is 2.58. The number of esters is 2. The minimum atomic E-state index is -1.08. The maximum Gasteiger partial charge on any atom is 0.342 e. The van der Waals surface area contributed by atoms with Crippen molar-refractivity contribution in [3.05, 3.63) is 117 Å². The summed E-state index contributed by atoms with van der Waals surface area (Å²) in [4.78, 5) is 39.7. The van der Waals surface area contributed by atoms with Crippen molar-refractivity contribution in [2.24, 2.45) is 0 Å². The normalized spacial score (nSPS) is 13.0. The van der Waals surface area contributed by atoms with Gasteiger partial charge in [0.2, 0.25) is 0 Å². The van der Waals surface area contributed by atoms with Gasteiger partial charge in [0.25, 0.3) is 0 Å². The molecule has 366 valence electrons. The molecule has 1 aliphatic rings. The van der Waals surface area contributed by atoms with Crippen LogP contribution < -0.4 is 9.62 Å². The van der Waals surface area contributed by atoms with E-state index in [0.717, 1.165) is 63.8 Å². The number of methoxy groups -OCH3 is 1. The lowest BCUT2D eigenvalue weighted by atomic mass is 9.65. The van der Waals surface area contributed by atoms with Crippen LogP contribution in [-0.4, -0.2) is 105 Å². The highest BCUT2D eigenvalue weighted by atomic mass is 17.2. The van der Waals surface area contributed by atoms with E-state index >= 15 is 0 Å². The molecule has 0 heterocycles. The number of carbonyl (C=O) groups is 2. The second-order valence-corrected chi connectivity index (χ2v) is 17.8. The molecule has 12 heteroatoms. The fourth-order valence-electron chi connectivity index (χ4n) is 8.16. The molecule has 0 saturated heterocycles. The standard InChI is InChI=1S/C55H74O12/c1-11-24-59-27-28-62-32-34-66-67-50-23-19-42(36-46(50)52(57)64-15-5)55(41-18-22-49(45(35-41)51(56)63-14-4)65-33-31-61-30-29-60-26-25-58-10)47-37-39(53(6,7)12-2)16-20-43(47)44-21-17-40(38-48(44)55)54(8,9)13-3/h16-23,35-38H,11-15,24-34H2,1-10H3. The van der Waals surface area contributed by atoms with E-state index in [4.69, 9.17) is 47.7 Å². The van der Waals surface area contributed by atoms with Crippen LogP contribution in [0.1, 0.15) is 136 Å². The molecular weight excluding hydrogens is 853 g/mol. The first kappa shape index (κ1) is 53.1. The molecule has 0 atom stereocenters. The van der Waals surface area contributed by atoms with Crippen LogP contribution in [0, 0.1) is 0 Å². The van der Waals surface area contributed by atoms with Crippen LogP contribution in [0.25, 0.3) is 11.1 Å². The Morgan fingerprint density at radius 3 is 1.43 bits per heavy atom. The maximum atomic E-state index is 14.1. The van der Waals surface area contributed by atoms with Crippen molar-refractivity contribution in [2.45, 2.75) is 97.8 Å². The summed E-state index contributed by atoms with van der Waals surface area (Å²) in [6.45, 7) is 23.6. The average molecular weight is 927 g/mol. The molecule has 12 nitrogen and oxygen atoms in total. The van der Waals surface area contributed by atoms with Gasteiger partial charge < -0.3 is 42.8 Å². The van der Waals surface area contributed by atoms with Gasteiger partial charge in [0.05, 0.1) is 71.5 Å². The van der Waals surface area contributed by atoms with Gasteiger partial charge in [-0.25, -0.2) is 9.59 Å². The average Bonchev–Trinajstić information content (AvgIpc) is 3.63. The smallest absolute Gasteiger partial charge is 0.342 e.